The van der Waals surface area contributed by atoms with Gasteiger partial charge in [-0.1, -0.05) is 0 Å². The van der Waals surface area contributed by atoms with Gasteiger partial charge in [-0.3, -0.25) is 4.79 Å². The van der Waals surface area contributed by atoms with Crippen LogP contribution in [0.5, 0.6) is 11.5 Å². The van der Waals surface area contributed by atoms with E-state index in [-0.39, 0.29) is 17.3 Å². The fraction of sp³-hybridized carbons (Fsp3) is 0.118. The van der Waals surface area contributed by atoms with Crippen molar-refractivity contribution in [1.82, 2.24) is 14.8 Å². The highest BCUT2D eigenvalue weighted by molar-refractivity contribution is 6.01. The molecule has 1 amide bonds. The highest BCUT2D eigenvalue weighted by Gasteiger charge is 2.31. The van der Waals surface area contributed by atoms with Gasteiger partial charge in [0, 0.05) is 5.69 Å². The third-order valence-corrected chi connectivity index (χ3v) is 3.37. The Morgan fingerprint density at radius 1 is 1.00 bits per heavy atom. The maximum absolute atomic E-state index is 12.2. The van der Waals surface area contributed by atoms with E-state index in [1.165, 1.54) is 47.4 Å². The van der Waals surface area contributed by atoms with Crippen molar-refractivity contribution in [3.8, 4) is 17.2 Å². The van der Waals surface area contributed by atoms with Gasteiger partial charge in [0.25, 0.3) is 5.91 Å². The minimum Gasteiger partial charge on any atom is -0.435 e. The molecule has 12 heteroatoms. The number of ether oxygens (including phenoxy) is 2. The first-order valence-electron chi connectivity index (χ1n) is 7.84. The van der Waals surface area contributed by atoms with Crippen molar-refractivity contribution in [2.45, 2.75) is 13.0 Å². The fourth-order valence-corrected chi connectivity index (χ4v) is 2.20. The summed E-state index contributed by atoms with van der Waals surface area (Å²) in [5.41, 5.74) is 0.640. The quantitative estimate of drug-likeness (QED) is 0.617. The SMILES string of the molecule is O=C(Nc1ccc(OC(F)(F)F)cc1)c1ncn(-c2ccc(OC(F)F)cc2)n1. The second-order valence-corrected chi connectivity index (χ2v) is 5.41. The molecule has 0 aliphatic rings. The van der Waals surface area contributed by atoms with Crippen LogP contribution in [0.1, 0.15) is 10.6 Å². The van der Waals surface area contributed by atoms with Crippen LogP contribution in [0.2, 0.25) is 0 Å². The molecule has 3 rings (SSSR count). The predicted molar refractivity (Wildman–Crippen MR) is 89.1 cm³/mol. The molecule has 1 heterocycles. The number of benzene rings is 2. The Hall–Kier alpha value is -3.70. The predicted octanol–water partition coefficient (Wildman–Crippen LogP) is 4.02. The molecule has 2 aromatic carbocycles. The minimum absolute atomic E-state index is 0.0419. The summed E-state index contributed by atoms with van der Waals surface area (Å²) in [6.07, 6.45) is -3.58. The topological polar surface area (TPSA) is 78.3 Å². The standard InChI is InChI=1S/C17H11F5N4O3/c18-16(19)28-12-7-3-11(4-8-12)26-9-23-14(25-26)15(27)24-10-1-5-13(6-2-10)29-17(20,21)22/h1-9,16H,(H,24,27). The second-order valence-electron chi connectivity index (χ2n) is 5.41. The number of rotatable bonds is 6. The molecule has 0 bridgehead atoms. The van der Waals surface area contributed by atoms with E-state index in [9.17, 15) is 26.7 Å². The molecule has 0 aliphatic heterocycles. The molecule has 0 radical (unpaired) electrons. The van der Waals surface area contributed by atoms with Gasteiger partial charge in [-0.2, -0.15) is 8.78 Å². The average molecular weight is 414 g/mol. The van der Waals surface area contributed by atoms with Gasteiger partial charge in [0.05, 0.1) is 5.69 Å². The number of amides is 1. The lowest BCUT2D eigenvalue weighted by molar-refractivity contribution is -0.274. The number of carbonyl (C=O) groups excluding carboxylic acids is 1. The minimum atomic E-state index is -4.81. The zero-order chi connectivity index (χ0) is 21.0. The molecule has 0 unspecified atom stereocenters. The number of hydrogen-bond donors (Lipinski definition) is 1. The lowest BCUT2D eigenvalue weighted by Crippen LogP contribution is -2.17. The molecule has 7 nitrogen and oxygen atoms in total. The van der Waals surface area contributed by atoms with E-state index in [2.05, 4.69) is 24.9 Å². The fourth-order valence-electron chi connectivity index (χ4n) is 2.20. The van der Waals surface area contributed by atoms with Crippen LogP contribution in [-0.4, -0.2) is 33.6 Å². The maximum Gasteiger partial charge on any atom is 0.573 e. The Morgan fingerprint density at radius 2 is 1.62 bits per heavy atom. The van der Waals surface area contributed by atoms with Gasteiger partial charge in [0.2, 0.25) is 5.82 Å². The van der Waals surface area contributed by atoms with E-state index < -0.39 is 24.6 Å². The largest absolute Gasteiger partial charge is 0.573 e. The zero-order valence-corrected chi connectivity index (χ0v) is 14.2. The van der Waals surface area contributed by atoms with E-state index in [1.54, 1.807) is 0 Å². The Kier molecular flexibility index (Phi) is 5.61. The zero-order valence-electron chi connectivity index (χ0n) is 14.2. The number of aromatic nitrogens is 3. The molecule has 29 heavy (non-hydrogen) atoms. The Balaban J connectivity index is 1.65. The molecular formula is C17H11F5N4O3. The molecule has 0 saturated heterocycles. The van der Waals surface area contributed by atoms with Crippen LogP contribution in [0, 0.1) is 0 Å². The Morgan fingerprint density at radius 3 is 2.21 bits per heavy atom. The average Bonchev–Trinajstić information content (AvgIpc) is 3.12. The van der Waals surface area contributed by atoms with Gasteiger partial charge < -0.3 is 14.8 Å². The smallest absolute Gasteiger partial charge is 0.435 e. The monoisotopic (exact) mass is 414 g/mol. The van der Waals surface area contributed by atoms with Gasteiger partial charge >= 0.3 is 13.0 Å². The van der Waals surface area contributed by atoms with Crippen LogP contribution in [-0.2, 0) is 0 Å². The first-order chi connectivity index (χ1) is 13.7. The van der Waals surface area contributed by atoms with Gasteiger partial charge in [0.15, 0.2) is 0 Å². The summed E-state index contributed by atoms with van der Waals surface area (Å²) in [5.74, 6) is -1.39. The third-order valence-electron chi connectivity index (χ3n) is 3.37. The molecule has 0 spiro atoms. The number of hydrogen-bond acceptors (Lipinski definition) is 5. The van der Waals surface area contributed by atoms with Crippen LogP contribution in [0.3, 0.4) is 0 Å². The van der Waals surface area contributed by atoms with Gasteiger partial charge in [-0.25, -0.2) is 9.67 Å². The van der Waals surface area contributed by atoms with Crippen molar-refractivity contribution in [2.75, 3.05) is 5.32 Å². The van der Waals surface area contributed by atoms with Crippen molar-refractivity contribution in [2.24, 2.45) is 0 Å². The van der Waals surface area contributed by atoms with E-state index in [1.807, 2.05) is 0 Å². The Labute approximate surface area is 159 Å². The van der Waals surface area contributed by atoms with Gasteiger partial charge in [-0.05, 0) is 48.5 Å². The summed E-state index contributed by atoms with van der Waals surface area (Å²) in [6, 6.07) is 9.99. The molecule has 1 N–H and O–H groups in total. The van der Waals surface area contributed by atoms with E-state index in [0.717, 1.165) is 12.1 Å². The van der Waals surface area contributed by atoms with Crippen molar-refractivity contribution < 1.29 is 36.2 Å². The third kappa shape index (κ3) is 5.64. The van der Waals surface area contributed by atoms with Crippen LogP contribution < -0.4 is 14.8 Å². The number of anilines is 1. The van der Waals surface area contributed by atoms with Crippen molar-refractivity contribution in [3.05, 3.63) is 60.7 Å². The summed E-state index contributed by atoms with van der Waals surface area (Å²) >= 11 is 0. The molecule has 3 aromatic rings. The van der Waals surface area contributed by atoms with Crippen LogP contribution in [0.15, 0.2) is 54.9 Å². The summed E-state index contributed by atoms with van der Waals surface area (Å²) in [7, 11) is 0. The van der Waals surface area contributed by atoms with E-state index >= 15 is 0 Å². The number of carbonyl (C=O) groups is 1. The number of halogens is 5. The highest BCUT2D eigenvalue weighted by atomic mass is 19.4. The molecular weight excluding hydrogens is 403 g/mol. The highest BCUT2D eigenvalue weighted by Crippen LogP contribution is 2.24. The summed E-state index contributed by atoms with van der Waals surface area (Å²) in [4.78, 5) is 16.0. The Bertz CT molecular complexity index is 972. The number of alkyl halides is 5. The van der Waals surface area contributed by atoms with Gasteiger partial charge in [-0.15, -0.1) is 18.3 Å². The lowest BCUT2D eigenvalue weighted by Gasteiger charge is -2.09. The van der Waals surface area contributed by atoms with Crippen LogP contribution >= 0.6 is 0 Å². The molecule has 0 saturated carbocycles. The van der Waals surface area contributed by atoms with Gasteiger partial charge in [0.1, 0.15) is 17.8 Å². The van der Waals surface area contributed by atoms with E-state index in [4.69, 9.17) is 0 Å². The first kappa shape index (κ1) is 20.0. The molecule has 0 aliphatic carbocycles. The van der Waals surface area contributed by atoms with E-state index in [0.29, 0.717) is 5.69 Å². The number of nitrogens with zero attached hydrogens (tertiary/aromatic N) is 3. The normalized spacial score (nSPS) is 11.4. The van der Waals surface area contributed by atoms with Crippen LogP contribution in [0.25, 0.3) is 5.69 Å². The summed E-state index contributed by atoms with van der Waals surface area (Å²) < 4.78 is 70.0. The summed E-state index contributed by atoms with van der Waals surface area (Å²) in [6.45, 7) is -2.95. The van der Waals surface area contributed by atoms with Crippen molar-refractivity contribution in [3.63, 3.8) is 0 Å². The molecule has 152 valence electrons. The first-order valence-corrected chi connectivity index (χ1v) is 7.84. The van der Waals surface area contributed by atoms with Crippen LogP contribution in [0.4, 0.5) is 27.6 Å². The second kappa shape index (κ2) is 8.12. The molecule has 0 fully saturated rings. The van der Waals surface area contributed by atoms with Crippen molar-refractivity contribution >= 4 is 11.6 Å². The lowest BCUT2D eigenvalue weighted by atomic mass is 10.3. The summed E-state index contributed by atoms with van der Waals surface area (Å²) in [5, 5.41) is 6.39. The number of nitrogens with one attached hydrogen (secondary N) is 1. The molecule has 1 aromatic heterocycles. The molecule has 0 atom stereocenters. The maximum atomic E-state index is 12.2. The van der Waals surface area contributed by atoms with Crippen molar-refractivity contribution in [1.29, 1.82) is 0 Å².